The summed E-state index contributed by atoms with van der Waals surface area (Å²) in [6.45, 7) is 6.04. The summed E-state index contributed by atoms with van der Waals surface area (Å²) in [4.78, 5) is 17.3. The van der Waals surface area contributed by atoms with Crippen molar-refractivity contribution in [2.45, 2.75) is 13.5 Å². The zero-order chi connectivity index (χ0) is 14.7. The summed E-state index contributed by atoms with van der Waals surface area (Å²) in [5.41, 5.74) is 0. The summed E-state index contributed by atoms with van der Waals surface area (Å²) in [6, 6.07) is 1.75. The molecule has 8 heteroatoms. The first kappa shape index (κ1) is 13.7. The number of rotatable bonds is 4. The zero-order valence-electron chi connectivity index (χ0n) is 12.2. The molecule has 0 N–H and O–H groups in total. The fraction of sp³-hybridized carbons (Fsp3) is 0.538. The molecule has 2 aromatic rings. The fourth-order valence-electron chi connectivity index (χ4n) is 2.30. The Bertz CT molecular complexity index is 594. The van der Waals surface area contributed by atoms with Crippen LogP contribution in [0.4, 0.5) is 5.95 Å². The Hall–Kier alpha value is -2.22. The number of methoxy groups -OCH3 is 1. The van der Waals surface area contributed by atoms with Gasteiger partial charge in [-0.2, -0.15) is 9.97 Å². The van der Waals surface area contributed by atoms with E-state index in [1.165, 1.54) is 0 Å². The predicted molar refractivity (Wildman–Crippen MR) is 75.1 cm³/mol. The van der Waals surface area contributed by atoms with Gasteiger partial charge in [-0.25, -0.2) is 4.98 Å². The Morgan fingerprint density at radius 3 is 2.71 bits per heavy atom. The highest BCUT2D eigenvalue weighted by molar-refractivity contribution is 5.32. The molecule has 0 amide bonds. The van der Waals surface area contributed by atoms with Crippen molar-refractivity contribution in [2.24, 2.45) is 0 Å². The van der Waals surface area contributed by atoms with Crippen molar-refractivity contribution in [3.63, 3.8) is 0 Å². The first-order valence-corrected chi connectivity index (χ1v) is 6.88. The average molecular weight is 290 g/mol. The summed E-state index contributed by atoms with van der Waals surface area (Å²) < 4.78 is 10.3. The van der Waals surface area contributed by atoms with Crippen LogP contribution in [0.5, 0.6) is 5.88 Å². The number of anilines is 1. The second-order valence-electron chi connectivity index (χ2n) is 4.90. The van der Waals surface area contributed by atoms with Crippen LogP contribution in [-0.2, 0) is 6.54 Å². The molecule has 0 unspecified atom stereocenters. The molecule has 21 heavy (non-hydrogen) atoms. The molecule has 1 aliphatic rings. The number of ether oxygens (including phenoxy) is 1. The standard InChI is InChI=1S/C13H18N6O2/c1-10-15-12(21-17-10)9-18-5-7-19(8-6-18)13-14-4-3-11(16-13)20-2/h3-4H,5-9H2,1-2H3. The van der Waals surface area contributed by atoms with Crippen LogP contribution >= 0.6 is 0 Å². The van der Waals surface area contributed by atoms with Gasteiger partial charge in [-0.3, -0.25) is 4.90 Å². The molecule has 1 fully saturated rings. The van der Waals surface area contributed by atoms with Gasteiger partial charge < -0.3 is 14.2 Å². The van der Waals surface area contributed by atoms with Crippen molar-refractivity contribution in [2.75, 3.05) is 38.2 Å². The Morgan fingerprint density at radius 2 is 2.05 bits per heavy atom. The van der Waals surface area contributed by atoms with E-state index in [9.17, 15) is 0 Å². The van der Waals surface area contributed by atoms with Crippen molar-refractivity contribution in [1.29, 1.82) is 0 Å². The van der Waals surface area contributed by atoms with E-state index in [0.717, 1.165) is 26.2 Å². The molecule has 0 aromatic carbocycles. The Kier molecular flexibility index (Phi) is 3.96. The van der Waals surface area contributed by atoms with Gasteiger partial charge in [-0.15, -0.1) is 0 Å². The van der Waals surface area contributed by atoms with E-state index in [0.29, 0.717) is 30.1 Å². The minimum Gasteiger partial charge on any atom is -0.481 e. The third-order valence-electron chi connectivity index (χ3n) is 3.41. The number of piperazine rings is 1. The minimum atomic E-state index is 0.587. The fourth-order valence-corrected chi connectivity index (χ4v) is 2.30. The molecule has 0 spiro atoms. The van der Waals surface area contributed by atoms with Gasteiger partial charge in [0.1, 0.15) is 0 Å². The largest absolute Gasteiger partial charge is 0.481 e. The van der Waals surface area contributed by atoms with Crippen molar-refractivity contribution in [3.8, 4) is 5.88 Å². The first-order valence-electron chi connectivity index (χ1n) is 6.88. The first-order chi connectivity index (χ1) is 10.2. The normalized spacial score (nSPS) is 16.2. The van der Waals surface area contributed by atoms with Crippen LogP contribution in [0.2, 0.25) is 0 Å². The van der Waals surface area contributed by atoms with E-state index >= 15 is 0 Å². The predicted octanol–water partition coefficient (Wildman–Crippen LogP) is 0.499. The molecule has 3 rings (SSSR count). The molecular weight excluding hydrogens is 272 g/mol. The Morgan fingerprint density at radius 1 is 1.24 bits per heavy atom. The molecule has 0 bridgehead atoms. The van der Waals surface area contributed by atoms with Gasteiger partial charge >= 0.3 is 0 Å². The van der Waals surface area contributed by atoms with Crippen molar-refractivity contribution >= 4 is 5.95 Å². The Labute approximate surface area is 122 Å². The van der Waals surface area contributed by atoms with E-state index in [2.05, 4.69) is 29.9 Å². The summed E-state index contributed by atoms with van der Waals surface area (Å²) >= 11 is 0. The number of hydrogen-bond acceptors (Lipinski definition) is 8. The molecule has 0 saturated carbocycles. The molecule has 0 aliphatic carbocycles. The van der Waals surface area contributed by atoms with E-state index in [1.807, 2.05) is 6.92 Å². The molecule has 112 valence electrons. The second-order valence-corrected chi connectivity index (χ2v) is 4.90. The van der Waals surface area contributed by atoms with Gasteiger partial charge in [-0.1, -0.05) is 5.16 Å². The molecule has 1 aliphatic heterocycles. The molecule has 2 aromatic heterocycles. The SMILES string of the molecule is COc1ccnc(N2CCN(Cc3nc(C)no3)CC2)n1. The van der Waals surface area contributed by atoms with Crippen molar-refractivity contribution < 1.29 is 9.26 Å². The average Bonchev–Trinajstić information content (AvgIpc) is 2.93. The van der Waals surface area contributed by atoms with Crippen LogP contribution in [0.25, 0.3) is 0 Å². The third-order valence-corrected chi connectivity index (χ3v) is 3.41. The number of nitrogens with zero attached hydrogens (tertiary/aromatic N) is 6. The Balaban J connectivity index is 1.57. The lowest BCUT2D eigenvalue weighted by Gasteiger charge is -2.33. The molecule has 1 saturated heterocycles. The van der Waals surface area contributed by atoms with Crippen LogP contribution in [0.3, 0.4) is 0 Å². The minimum absolute atomic E-state index is 0.587. The number of hydrogen-bond donors (Lipinski definition) is 0. The van der Waals surface area contributed by atoms with Crippen molar-refractivity contribution in [1.82, 2.24) is 25.0 Å². The van der Waals surface area contributed by atoms with Gasteiger partial charge in [0.25, 0.3) is 0 Å². The summed E-state index contributed by atoms with van der Waals surface area (Å²) in [6.07, 6.45) is 1.72. The zero-order valence-corrected chi connectivity index (χ0v) is 12.2. The lowest BCUT2D eigenvalue weighted by atomic mass is 10.3. The monoisotopic (exact) mass is 290 g/mol. The van der Waals surface area contributed by atoms with E-state index in [-0.39, 0.29) is 0 Å². The topological polar surface area (TPSA) is 80.4 Å². The maximum absolute atomic E-state index is 5.15. The van der Waals surface area contributed by atoms with E-state index in [4.69, 9.17) is 9.26 Å². The summed E-state index contributed by atoms with van der Waals surface area (Å²) in [7, 11) is 1.61. The molecular formula is C13H18N6O2. The van der Waals surface area contributed by atoms with Crippen molar-refractivity contribution in [3.05, 3.63) is 24.0 Å². The smallest absolute Gasteiger partial charge is 0.240 e. The highest BCUT2D eigenvalue weighted by Crippen LogP contribution is 2.15. The van der Waals surface area contributed by atoms with Gasteiger partial charge in [0, 0.05) is 38.4 Å². The summed E-state index contributed by atoms with van der Waals surface area (Å²) in [5.74, 6) is 2.64. The second kappa shape index (κ2) is 6.04. The maximum atomic E-state index is 5.15. The van der Waals surface area contributed by atoms with Gasteiger partial charge in [0.15, 0.2) is 5.82 Å². The van der Waals surface area contributed by atoms with Crippen LogP contribution in [0.1, 0.15) is 11.7 Å². The third kappa shape index (κ3) is 3.27. The molecule has 8 nitrogen and oxygen atoms in total. The number of aromatic nitrogens is 4. The maximum Gasteiger partial charge on any atom is 0.240 e. The quantitative estimate of drug-likeness (QED) is 0.805. The highest BCUT2D eigenvalue weighted by Gasteiger charge is 2.20. The van der Waals surface area contributed by atoms with Gasteiger partial charge in [-0.05, 0) is 6.92 Å². The highest BCUT2D eigenvalue weighted by atomic mass is 16.5. The van der Waals surface area contributed by atoms with Crippen LogP contribution < -0.4 is 9.64 Å². The lowest BCUT2D eigenvalue weighted by molar-refractivity contribution is 0.214. The molecule has 0 atom stereocenters. The molecule has 3 heterocycles. The number of aryl methyl sites for hydroxylation is 1. The van der Waals surface area contributed by atoms with Crippen LogP contribution in [-0.4, -0.2) is 58.3 Å². The van der Waals surface area contributed by atoms with E-state index < -0.39 is 0 Å². The van der Waals surface area contributed by atoms with E-state index in [1.54, 1.807) is 19.4 Å². The van der Waals surface area contributed by atoms with Crippen LogP contribution in [0, 0.1) is 6.92 Å². The van der Waals surface area contributed by atoms with Crippen LogP contribution in [0.15, 0.2) is 16.8 Å². The molecule has 0 radical (unpaired) electrons. The lowest BCUT2D eigenvalue weighted by Crippen LogP contribution is -2.46. The van der Waals surface area contributed by atoms with Gasteiger partial charge in [0.05, 0.1) is 13.7 Å². The summed E-state index contributed by atoms with van der Waals surface area (Å²) in [5, 5.41) is 3.81. The van der Waals surface area contributed by atoms with Gasteiger partial charge in [0.2, 0.25) is 17.7 Å².